The Bertz CT molecular complexity index is 628. The van der Waals surface area contributed by atoms with Gasteiger partial charge in [0.15, 0.2) is 0 Å². The van der Waals surface area contributed by atoms with E-state index < -0.39 is 11.8 Å². The third kappa shape index (κ3) is 2.38. The largest absolute Gasteiger partial charge is 0.378 e. The lowest BCUT2D eigenvalue weighted by atomic mass is 9.47. The topological polar surface area (TPSA) is 20.2 Å². The summed E-state index contributed by atoms with van der Waals surface area (Å²) in [5.74, 6) is 4.89. The van der Waals surface area contributed by atoms with Crippen LogP contribution in [0.4, 0.5) is 4.39 Å². The van der Waals surface area contributed by atoms with Crippen molar-refractivity contribution in [1.82, 2.24) is 0 Å². The molecule has 0 aromatic rings. The molecule has 0 bridgehead atoms. The first kappa shape index (κ1) is 17.6. The summed E-state index contributed by atoms with van der Waals surface area (Å²) in [6, 6.07) is 0. The average Bonchev–Trinajstić information content (AvgIpc) is 2.93. The van der Waals surface area contributed by atoms with Crippen LogP contribution in [0, 0.1) is 46.8 Å². The molecule has 3 saturated carbocycles. The van der Waals surface area contributed by atoms with E-state index >= 15 is 0 Å². The van der Waals surface area contributed by atoms with Crippen molar-refractivity contribution in [2.45, 2.75) is 83.9 Å². The van der Waals surface area contributed by atoms with Crippen molar-refractivity contribution in [3.05, 3.63) is 11.6 Å². The molecule has 25 heavy (non-hydrogen) atoms. The Morgan fingerprint density at radius 2 is 1.96 bits per heavy atom. The Balaban J connectivity index is 1.66. The quantitative estimate of drug-likeness (QED) is 0.506. The van der Waals surface area contributed by atoms with Gasteiger partial charge in [0, 0.05) is 12.3 Å². The maximum absolute atomic E-state index is 14.0. The summed E-state index contributed by atoms with van der Waals surface area (Å²) in [6.45, 7) is 6.63. The minimum atomic E-state index is -0.998. The second-order valence-corrected chi connectivity index (χ2v) is 10.1. The van der Waals surface area contributed by atoms with E-state index in [-0.39, 0.29) is 16.7 Å². The van der Waals surface area contributed by atoms with Crippen molar-refractivity contribution < 1.29 is 9.50 Å². The van der Waals surface area contributed by atoms with Crippen LogP contribution in [-0.4, -0.2) is 16.9 Å². The lowest BCUT2D eigenvalue weighted by Gasteiger charge is -2.58. The van der Waals surface area contributed by atoms with Crippen LogP contribution in [-0.2, 0) is 0 Å². The third-order valence-corrected chi connectivity index (χ3v) is 9.01. The van der Waals surface area contributed by atoms with Gasteiger partial charge in [-0.05, 0) is 80.5 Å². The van der Waals surface area contributed by atoms with E-state index in [0.717, 1.165) is 32.1 Å². The summed E-state index contributed by atoms with van der Waals surface area (Å²) in [5.41, 5.74) is 0.763. The molecule has 4 aliphatic rings. The highest BCUT2D eigenvalue weighted by Gasteiger charge is 2.61. The number of allylic oxidation sites excluding steroid dienone is 2. The number of hydrogen-bond acceptors (Lipinski definition) is 1. The summed E-state index contributed by atoms with van der Waals surface area (Å²) in [4.78, 5) is 0. The van der Waals surface area contributed by atoms with Crippen molar-refractivity contribution in [2.24, 2.45) is 34.5 Å². The van der Waals surface area contributed by atoms with E-state index in [9.17, 15) is 9.50 Å². The van der Waals surface area contributed by atoms with Crippen molar-refractivity contribution in [3.8, 4) is 12.3 Å². The minimum absolute atomic E-state index is 0.149. The first-order valence-electron chi connectivity index (χ1n) is 10.3. The lowest BCUT2D eigenvalue weighted by Crippen LogP contribution is -2.52. The number of hydrogen-bond donors (Lipinski definition) is 1. The molecule has 0 spiro atoms. The smallest absolute Gasteiger partial charge is 0.125 e. The summed E-state index contributed by atoms with van der Waals surface area (Å²) in [6.07, 6.45) is 15.5. The Labute approximate surface area is 152 Å². The molecule has 4 aliphatic carbocycles. The third-order valence-electron chi connectivity index (χ3n) is 9.01. The highest BCUT2D eigenvalue weighted by atomic mass is 19.1. The van der Waals surface area contributed by atoms with Gasteiger partial charge in [0.2, 0.25) is 0 Å². The van der Waals surface area contributed by atoms with E-state index in [2.05, 4.69) is 25.8 Å². The van der Waals surface area contributed by atoms with Crippen molar-refractivity contribution in [2.75, 3.05) is 0 Å². The van der Waals surface area contributed by atoms with Gasteiger partial charge in [0.05, 0.1) is 0 Å². The molecule has 0 aromatic carbocycles. The van der Waals surface area contributed by atoms with Crippen molar-refractivity contribution in [1.29, 1.82) is 0 Å². The van der Waals surface area contributed by atoms with Crippen LogP contribution >= 0.6 is 0 Å². The van der Waals surface area contributed by atoms with Crippen LogP contribution in [0.5, 0.6) is 0 Å². The zero-order valence-corrected chi connectivity index (χ0v) is 16.0. The lowest BCUT2D eigenvalue weighted by molar-refractivity contribution is -0.0808. The summed E-state index contributed by atoms with van der Waals surface area (Å²) in [5, 5.41) is 10.8. The SMILES string of the molecule is C#CC(C)(O)[C@H]1CC[C@H]2[C@@H]3CC=C4C[C@@H](F)CC[C@]4(C)[C@H]3CC[C@]12C. The van der Waals surface area contributed by atoms with Crippen LogP contribution in [0.3, 0.4) is 0 Å². The van der Waals surface area contributed by atoms with Gasteiger partial charge < -0.3 is 5.11 Å². The summed E-state index contributed by atoms with van der Waals surface area (Å²) in [7, 11) is 0. The van der Waals surface area contributed by atoms with E-state index in [1.807, 2.05) is 6.92 Å². The van der Waals surface area contributed by atoms with Crippen LogP contribution in [0.25, 0.3) is 0 Å². The molecule has 1 N–H and O–H groups in total. The van der Waals surface area contributed by atoms with Gasteiger partial charge >= 0.3 is 0 Å². The van der Waals surface area contributed by atoms with Gasteiger partial charge in [-0.3, -0.25) is 0 Å². The molecule has 0 saturated heterocycles. The van der Waals surface area contributed by atoms with E-state index in [0.29, 0.717) is 24.2 Å². The second-order valence-electron chi connectivity index (χ2n) is 10.1. The average molecular weight is 345 g/mol. The van der Waals surface area contributed by atoms with Gasteiger partial charge in [0.1, 0.15) is 11.8 Å². The number of alkyl halides is 1. The Kier molecular flexibility index (Phi) is 3.94. The van der Waals surface area contributed by atoms with Gasteiger partial charge in [-0.15, -0.1) is 6.42 Å². The zero-order valence-electron chi connectivity index (χ0n) is 16.0. The molecule has 0 heterocycles. The predicted molar refractivity (Wildman–Crippen MR) is 99.5 cm³/mol. The van der Waals surface area contributed by atoms with Crippen molar-refractivity contribution in [3.63, 3.8) is 0 Å². The Morgan fingerprint density at radius 1 is 1.20 bits per heavy atom. The standard InChI is InChI=1S/C23H33FO/c1-5-23(4,25)20-9-8-18-17-7-6-15-14-16(24)10-12-21(15,2)19(17)11-13-22(18,20)3/h1,6,16-20,25H,7-14H2,2-4H3/t16-,17-,18-,19-,20-,21-,22-,23?/m0/s1. The summed E-state index contributed by atoms with van der Waals surface area (Å²) >= 11 is 0. The molecule has 8 atom stereocenters. The Hall–Kier alpha value is -0.810. The maximum Gasteiger partial charge on any atom is 0.125 e. The molecule has 1 nitrogen and oxygen atoms in total. The first-order chi connectivity index (χ1) is 11.7. The summed E-state index contributed by atoms with van der Waals surface area (Å²) < 4.78 is 14.0. The number of halogens is 1. The highest BCUT2D eigenvalue weighted by molar-refractivity contribution is 5.26. The number of fused-ring (bicyclic) bond motifs is 5. The molecular weight excluding hydrogens is 311 g/mol. The van der Waals surface area contributed by atoms with E-state index in [1.165, 1.54) is 18.4 Å². The first-order valence-corrected chi connectivity index (χ1v) is 10.3. The Morgan fingerprint density at radius 3 is 2.68 bits per heavy atom. The van der Waals surface area contributed by atoms with Gasteiger partial charge in [0.25, 0.3) is 0 Å². The van der Waals surface area contributed by atoms with Crippen LogP contribution in [0.2, 0.25) is 0 Å². The van der Waals surface area contributed by atoms with Crippen LogP contribution in [0.1, 0.15) is 72.1 Å². The zero-order chi connectivity index (χ0) is 18.0. The molecule has 0 aromatic heterocycles. The number of rotatable bonds is 1. The highest BCUT2D eigenvalue weighted by Crippen LogP contribution is 2.67. The van der Waals surface area contributed by atoms with Gasteiger partial charge in [-0.2, -0.15) is 0 Å². The van der Waals surface area contributed by atoms with Crippen molar-refractivity contribution >= 4 is 0 Å². The minimum Gasteiger partial charge on any atom is -0.378 e. The molecular formula is C23H33FO. The number of terminal acetylenes is 1. The maximum atomic E-state index is 14.0. The predicted octanol–water partition coefficient (Wildman–Crippen LogP) is 5.29. The van der Waals surface area contributed by atoms with E-state index in [1.54, 1.807) is 0 Å². The number of aliphatic hydroxyl groups is 1. The fourth-order valence-corrected chi connectivity index (χ4v) is 7.64. The molecule has 0 amide bonds. The molecule has 2 heteroatoms. The van der Waals surface area contributed by atoms with Gasteiger partial charge in [-0.1, -0.05) is 31.4 Å². The molecule has 1 unspecified atom stereocenters. The second kappa shape index (κ2) is 5.59. The van der Waals surface area contributed by atoms with Crippen LogP contribution < -0.4 is 0 Å². The monoisotopic (exact) mass is 344 g/mol. The molecule has 0 aliphatic heterocycles. The molecule has 4 rings (SSSR count). The van der Waals surface area contributed by atoms with E-state index in [4.69, 9.17) is 6.42 Å². The fraction of sp³-hybridized carbons (Fsp3) is 0.826. The van der Waals surface area contributed by atoms with Crippen LogP contribution in [0.15, 0.2) is 11.6 Å². The van der Waals surface area contributed by atoms with Gasteiger partial charge in [-0.25, -0.2) is 4.39 Å². The normalized spacial score (nSPS) is 51.4. The molecule has 3 fully saturated rings. The molecule has 138 valence electrons. The molecule has 0 radical (unpaired) electrons. The fourth-order valence-electron chi connectivity index (χ4n) is 7.64.